The van der Waals surface area contributed by atoms with Gasteiger partial charge in [-0.3, -0.25) is 9.10 Å². The number of nitrogens with zero attached hydrogens (tertiary/aromatic N) is 1. The van der Waals surface area contributed by atoms with Crippen molar-refractivity contribution < 1.29 is 13.2 Å². The highest BCUT2D eigenvalue weighted by Crippen LogP contribution is 2.29. The number of carbonyl (C=O) groups is 1. The quantitative estimate of drug-likeness (QED) is 0.684. The normalized spacial score (nSPS) is 13.6. The fourth-order valence-corrected chi connectivity index (χ4v) is 4.98. The van der Waals surface area contributed by atoms with Crippen molar-refractivity contribution in [3.63, 3.8) is 0 Å². The summed E-state index contributed by atoms with van der Waals surface area (Å²) in [6.07, 6.45) is 1.43. The average Bonchev–Trinajstić information content (AvgIpc) is 2.60. The monoisotopic (exact) mass is 436 g/mol. The maximum Gasteiger partial charge on any atom is 0.244 e. The first kappa shape index (κ1) is 23.2. The molecule has 0 saturated heterocycles. The molecule has 0 radical (unpaired) electrons. The predicted octanol–water partition coefficient (Wildman–Crippen LogP) is 4.69. The van der Waals surface area contributed by atoms with Gasteiger partial charge in [-0.05, 0) is 62.9 Å². The molecule has 2 rings (SSSR count). The molecule has 0 aliphatic heterocycles. The topological polar surface area (TPSA) is 66.5 Å². The van der Waals surface area contributed by atoms with Crippen LogP contribution in [0.1, 0.15) is 48.6 Å². The molecule has 1 amide bonds. The van der Waals surface area contributed by atoms with Crippen molar-refractivity contribution in [1.82, 2.24) is 5.32 Å². The maximum absolute atomic E-state index is 13.1. The minimum Gasteiger partial charge on any atom is -0.348 e. The third-order valence-corrected chi connectivity index (χ3v) is 6.39. The van der Waals surface area contributed by atoms with Crippen molar-refractivity contribution in [2.45, 2.75) is 53.1 Å². The molecule has 1 N–H and O–H groups in total. The smallest absolute Gasteiger partial charge is 0.244 e. The molecule has 0 aliphatic carbocycles. The zero-order valence-electron chi connectivity index (χ0n) is 17.8. The average molecular weight is 437 g/mol. The third-order valence-electron chi connectivity index (χ3n) is 4.99. The van der Waals surface area contributed by atoms with E-state index < -0.39 is 16.1 Å². The fourth-order valence-electron chi connectivity index (χ4n) is 3.55. The Bertz CT molecular complexity index is 1010. The number of hydrogen-bond acceptors (Lipinski definition) is 3. The second kappa shape index (κ2) is 9.18. The molecule has 2 aromatic carbocycles. The van der Waals surface area contributed by atoms with Gasteiger partial charge in [0.25, 0.3) is 0 Å². The Kier molecular flexibility index (Phi) is 7.35. The first-order valence-electron chi connectivity index (χ1n) is 9.58. The van der Waals surface area contributed by atoms with E-state index in [0.717, 1.165) is 28.5 Å². The first-order valence-corrected chi connectivity index (χ1v) is 11.8. The molecule has 7 heteroatoms. The van der Waals surface area contributed by atoms with Gasteiger partial charge in [0.2, 0.25) is 15.9 Å². The van der Waals surface area contributed by atoms with Crippen molar-refractivity contribution in [2.24, 2.45) is 0 Å². The van der Waals surface area contributed by atoms with E-state index in [1.807, 2.05) is 32.9 Å². The maximum atomic E-state index is 13.1. The Hall–Kier alpha value is -2.05. The van der Waals surface area contributed by atoms with E-state index in [1.165, 1.54) is 4.31 Å². The third kappa shape index (κ3) is 5.52. The minimum atomic E-state index is -3.71. The Labute approximate surface area is 179 Å². The van der Waals surface area contributed by atoms with Gasteiger partial charge in [0, 0.05) is 5.02 Å². The van der Waals surface area contributed by atoms with Gasteiger partial charge in [-0.1, -0.05) is 48.4 Å². The lowest BCUT2D eigenvalue weighted by molar-refractivity contribution is -0.122. The Balaban J connectivity index is 2.39. The molecule has 0 fully saturated rings. The number of rotatable bonds is 7. The van der Waals surface area contributed by atoms with Crippen molar-refractivity contribution >= 4 is 33.2 Å². The summed E-state index contributed by atoms with van der Waals surface area (Å²) >= 11 is 6.11. The van der Waals surface area contributed by atoms with Gasteiger partial charge in [-0.15, -0.1) is 0 Å². The number of halogens is 1. The molecule has 158 valence electrons. The van der Waals surface area contributed by atoms with Crippen LogP contribution in [-0.2, 0) is 14.8 Å². The van der Waals surface area contributed by atoms with Crippen molar-refractivity contribution in [2.75, 3.05) is 10.6 Å². The van der Waals surface area contributed by atoms with Gasteiger partial charge in [-0.2, -0.15) is 0 Å². The summed E-state index contributed by atoms with van der Waals surface area (Å²) in [6.45, 7) is 9.51. The Morgan fingerprint density at radius 3 is 2.31 bits per heavy atom. The number of hydrogen-bond donors (Lipinski definition) is 1. The number of benzene rings is 2. The standard InChI is InChI=1S/C22H29ClN2O3S/c1-7-20(22(26)24-17(5)19-11-8-14(2)12-16(19)4)25(29(6,27)28)21-13-18(23)10-9-15(21)3/h8-13,17,20H,7H2,1-6H3,(H,24,26)/t17-,20-/m0/s1. The largest absolute Gasteiger partial charge is 0.348 e. The number of amides is 1. The summed E-state index contributed by atoms with van der Waals surface area (Å²) < 4.78 is 26.5. The van der Waals surface area contributed by atoms with Gasteiger partial charge < -0.3 is 5.32 Å². The van der Waals surface area contributed by atoms with Crippen LogP contribution in [0.15, 0.2) is 36.4 Å². The van der Waals surface area contributed by atoms with Crippen LogP contribution in [0, 0.1) is 20.8 Å². The van der Waals surface area contributed by atoms with Crippen LogP contribution in [0.2, 0.25) is 5.02 Å². The summed E-state index contributed by atoms with van der Waals surface area (Å²) in [7, 11) is -3.71. The fraction of sp³-hybridized carbons (Fsp3) is 0.409. The van der Waals surface area contributed by atoms with Gasteiger partial charge in [0.15, 0.2) is 0 Å². The lowest BCUT2D eigenvalue weighted by atomic mass is 10.00. The predicted molar refractivity (Wildman–Crippen MR) is 120 cm³/mol. The van der Waals surface area contributed by atoms with Crippen molar-refractivity contribution in [1.29, 1.82) is 0 Å². The van der Waals surface area contributed by atoms with E-state index in [1.54, 1.807) is 32.0 Å². The Morgan fingerprint density at radius 1 is 1.10 bits per heavy atom. The molecule has 0 spiro atoms. The van der Waals surface area contributed by atoms with Crippen molar-refractivity contribution in [3.8, 4) is 0 Å². The molecule has 2 atom stereocenters. The molecule has 2 aromatic rings. The van der Waals surface area contributed by atoms with E-state index in [-0.39, 0.29) is 11.9 Å². The minimum absolute atomic E-state index is 0.251. The van der Waals surface area contributed by atoms with Gasteiger partial charge in [0.1, 0.15) is 6.04 Å². The summed E-state index contributed by atoms with van der Waals surface area (Å²) in [5, 5.41) is 3.40. The highest BCUT2D eigenvalue weighted by Gasteiger charge is 2.33. The lowest BCUT2D eigenvalue weighted by Gasteiger charge is -2.32. The van der Waals surface area contributed by atoms with Crippen LogP contribution >= 0.6 is 11.6 Å². The molecule has 0 bridgehead atoms. The molecule has 29 heavy (non-hydrogen) atoms. The highest BCUT2D eigenvalue weighted by atomic mass is 35.5. The number of anilines is 1. The van der Waals surface area contributed by atoms with E-state index in [9.17, 15) is 13.2 Å². The van der Waals surface area contributed by atoms with Gasteiger partial charge >= 0.3 is 0 Å². The SMILES string of the molecule is CC[C@@H](C(=O)N[C@@H](C)c1ccc(C)cc1C)N(c1cc(Cl)ccc1C)S(C)(=O)=O. The molecule has 0 aliphatic rings. The molecular formula is C22H29ClN2O3S. The molecular weight excluding hydrogens is 408 g/mol. The second-order valence-corrected chi connectivity index (χ2v) is 9.80. The van der Waals surface area contributed by atoms with Crippen molar-refractivity contribution in [3.05, 3.63) is 63.7 Å². The molecule has 0 saturated carbocycles. The number of sulfonamides is 1. The van der Waals surface area contributed by atoms with Gasteiger partial charge in [0.05, 0.1) is 18.0 Å². The molecule has 5 nitrogen and oxygen atoms in total. The summed E-state index contributed by atoms with van der Waals surface area (Å²) in [6, 6.07) is 9.96. The molecule has 0 unspecified atom stereocenters. The van der Waals surface area contributed by atoms with Crippen LogP contribution < -0.4 is 9.62 Å². The summed E-state index contributed by atoms with van der Waals surface area (Å²) in [4.78, 5) is 13.1. The Morgan fingerprint density at radius 2 is 1.76 bits per heavy atom. The zero-order chi connectivity index (χ0) is 21.9. The van der Waals surface area contributed by atoms with E-state index in [2.05, 4.69) is 11.4 Å². The number of nitrogens with one attached hydrogen (secondary N) is 1. The van der Waals surface area contributed by atoms with E-state index in [0.29, 0.717) is 17.1 Å². The first-order chi connectivity index (χ1) is 13.5. The number of carbonyl (C=O) groups excluding carboxylic acids is 1. The van der Waals surface area contributed by atoms with E-state index in [4.69, 9.17) is 11.6 Å². The summed E-state index contributed by atoms with van der Waals surface area (Å²) in [5.74, 6) is -0.343. The van der Waals surface area contributed by atoms with E-state index >= 15 is 0 Å². The van der Waals surface area contributed by atoms with Crippen LogP contribution in [0.5, 0.6) is 0 Å². The molecule has 0 heterocycles. The second-order valence-electron chi connectivity index (χ2n) is 7.50. The van der Waals surface area contributed by atoms with Crippen LogP contribution in [-0.4, -0.2) is 26.6 Å². The van der Waals surface area contributed by atoms with Crippen LogP contribution in [0.25, 0.3) is 0 Å². The lowest BCUT2D eigenvalue weighted by Crippen LogP contribution is -2.50. The number of aryl methyl sites for hydroxylation is 3. The van der Waals surface area contributed by atoms with Crippen LogP contribution in [0.3, 0.4) is 0 Å². The van der Waals surface area contributed by atoms with Gasteiger partial charge in [-0.25, -0.2) is 8.42 Å². The summed E-state index contributed by atoms with van der Waals surface area (Å²) in [5.41, 5.74) is 4.38. The zero-order valence-corrected chi connectivity index (χ0v) is 19.4. The van der Waals surface area contributed by atoms with Crippen LogP contribution in [0.4, 0.5) is 5.69 Å². The molecule has 0 aromatic heterocycles. The highest BCUT2D eigenvalue weighted by molar-refractivity contribution is 7.92.